The summed E-state index contributed by atoms with van der Waals surface area (Å²) in [5, 5.41) is 4.69. The lowest BCUT2D eigenvalue weighted by Gasteiger charge is -2.14. The van der Waals surface area contributed by atoms with E-state index in [9.17, 15) is 21.6 Å². The molecule has 0 spiro atoms. The monoisotopic (exact) mass is 318 g/mol. The van der Waals surface area contributed by atoms with Gasteiger partial charge in [-0.15, -0.1) is 0 Å². The molecular formula is C7H6BrF3N2O2S. The first kappa shape index (κ1) is 13.3. The highest BCUT2D eigenvalue weighted by atomic mass is 79.9. The van der Waals surface area contributed by atoms with Gasteiger partial charge >= 0.3 is 6.18 Å². The molecule has 1 rings (SSSR count). The Morgan fingerprint density at radius 1 is 1.25 bits per heavy atom. The lowest BCUT2D eigenvalue weighted by molar-refractivity contribution is -0.139. The SMILES string of the molecule is Nc1cc(Br)cc(S(N)(=O)=O)c1C(F)(F)F. The van der Waals surface area contributed by atoms with E-state index in [1.54, 1.807) is 0 Å². The van der Waals surface area contributed by atoms with E-state index in [1.165, 1.54) is 0 Å². The predicted molar refractivity (Wildman–Crippen MR) is 54.9 cm³/mol. The van der Waals surface area contributed by atoms with Gasteiger partial charge < -0.3 is 5.73 Å². The summed E-state index contributed by atoms with van der Waals surface area (Å²) in [6.07, 6.45) is -4.88. The van der Waals surface area contributed by atoms with Crippen molar-refractivity contribution in [2.45, 2.75) is 11.1 Å². The van der Waals surface area contributed by atoms with Gasteiger partial charge in [-0.1, -0.05) is 15.9 Å². The number of primary sulfonamides is 1. The van der Waals surface area contributed by atoms with E-state index in [1.807, 2.05) is 0 Å². The summed E-state index contributed by atoms with van der Waals surface area (Å²) in [6, 6.07) is 1.71. The van der Waals surface area contributed by atoms with Crippen molar-refractivity contribution < 1.29 is 21.6 Å². The Balaban J connectivity index is 3.72. The van der Waals surface area contributed by atoms with Crippen LogP contribution in [0.15, 0.2) is 21.5 Å². The molecule has 0 fully saturated rings. The second kappa shape index (κ2) is 3.90. The van der Waals surface area contributed by atoms with Crippen LogP contribution in [-0.2, 0) is 16.2 Å². The Morgan fingerprint density at radius 3 is 2.12 bits per heavy atom. The van der Waals surface area contributed by atoms with Crippen molar-refractivity contribution in [3.63, 3.8) is 0 Å². The highest BCUT2D eigenvalue weighted by molar-refractivity contribution is 9.10. The van der Waals surface area contributed by atoms with Gasteiger partial charge in [0.25, 0.3) is 0 Å². The lowest BCUT2D eigenvalue weighted by atomic mass is 10.2. The van der Waals surface area contributed by atoms with Crippen molar-refractivity contribution in [3.05, 3.63) is 22.2 Å². The fraction of sp³-hybridized carbons (Fsp3) is 0.143. The van der Waals surface area contributed by atoms with Crippen molar-refractivity contribution in [3.8, 4) is 0 Å². The molecule has 0 bridgehead atoms. The highest BCUT2D eigenvalue weighted by Crippen LogP contribution is 2.39. The number of anilines is 1. The van der Waals surface area contributed by atoms with Crippen LogP contribution < -0.4 is 10.9 Å². The predicted octanol–water partition coefficient (Wildman–Crippen LogP) is 1.70. The number of hydrogen-bond donors (Lipinski definition) is 2. The molecule has 0 saturated carbocycles. The van der Waals surface area contributed by atoms with E-state index >= 15 is 0 Å². The minimum atomic E-state index is -4.88. The first-order chi connectivity index (χ1) is 7.03. The number of alkyl halides is 3. The van der Waals surface area contributed by atoms with Gasteiger partial charge in [0.1, 0.15) is 0 Å². The summed E-state index contributed by atoms with van der Waals surface area (Å²) in [5.74, 6) is 0. The minimum absolute atomic E-state index is 0.0991. The molecule has 0 aliphatic rings. The zero-order valence-corrected chi connectivity index (χ0v) is 9.95. The van der Waals surface area contributed by atoms with Crippen LogP contribution in [0.2, 0.25) is 0 Å². The second-order valence-electron chi connectivity index (χ2n) is 2.91. The molecule has 4 nitrogen and oxygen atoms in total. The topological polar surface area (TPSA) is 86.2 Å². The van der Waals surface area contributed by atoms with Gasteiger partial charge in [0.15, 0.2) is 0 Å². The molecule has 1 aromatic rings. The van der Waals surface area contributed by atoms with E-state index in [-0.39, 0.29) is 4.47 Å². The summed E-state index contributed by atoms with van der Waals surface area (Å²) in [7, 11) is -4.49. The zero-order chi connectivity index (χ0) is 12.7. The maximum atomic E-state index is 12.6. The fourth-order valence-corrected chi connectivity index (χ4v) is 2.57. The molecule has 0 aliphatic carbocycles. The molecule has 0 saturated heterocycles. The molecule has 0 aromatic heterocycles. The van der Waals surface area contributed by atoms with Crippen LogP contribution in [0.1, 0.15) is 5.56 Å². The lowest BCUT2D eigenvalue weighted by Crippen LogP contribution is -2.20. The van der Waals surface area contributed by atoms with Crippen LogP contribution in [0.25, 0.3) is 0 Å². The second-order valence-corrected chi connectivity index (χ2v) is 5.36. The van der Waals surface area contributed by atoms with E-state index in [0.29, 0.717) is 0 Å². The van der Waals surface area contributed by atoms with Crippen molar-refractivity contribution in [2.75, 3.05) is 5.73 Å². The molecule has 0 heterocycles. The summed E-state index contributed by atoms with van der Waals surface area (Å²) < 4.78 is 59.8. The van der Waals surface area contributed by atoms with Gasteiger partial charge in [0.05, 0.1) is 10.5 Å². The Kier molecular flexibility index (Phi) is 3.23. The molecule has 0 aliphatic heterocycles. The zero-order valence-electron chi connectivity index (χ0n) is 7.55. The van der Waals surface area contributed by atoms with Gasteiger partial charge in [-0.05, 0) is 12.1 Å². The number of halogens is 4. The average Bonchev–Trinajstić information content (AvgIpc) is 1.97. The smallest absolute Gasteiger partial charge is 0.398 e. The van der Waals surface area contributed by atoms with Gasteiger partial charge in [0.2, 0.25) is 10.0 Å². The molecular weight excluding hydrogens is 313 g/mol. The molecule has 90 valence electrons. The molecule has 0 atom stereocenters. The van der Waals surface area contributed by atoms with E-state index < -0.39 is 32.3 Å². The minimum Gasteiger partial charge on any atom is -0.398 e. The quantitative estimate of drug-likeness (QED) is 0.773. The third-order valence-electron chi connectivity index (χ3n) is 1.69. The van der Waals surface area contributed by atoms with Crippen molar-refractivity contribution in [1.29, 1.82) is 0 Å². The summed E-state index contributed by atoms with van der Waals surface area (Å²) >= 11 is 2.84. The number of nitrogens with two attached hydrogens (primary N) is 2. The molecule has 9 heteroatoms. The summed E-state index contributed by atoms with van der Waals surface area (Å²) in [6.45, 7) is 0. The number of sulfonamides is 1. The number of benzene rings is 1. The van der Waals surface area contributed by atoms with Crippen molar-refractivity contribution in [1.82, 2.24) is 0 Å². The standard InChI is InChI=1S/C7H6BrF3N2O2S/c8-3-1-4(12)6(7(9,10)11)5(2-3)16(13,14)15/h1-2H,12H2,(H2,13,14,15). The third-order valence-corrected chi connectivity index (χ3v) is 3.08. The number of hydrogen-bond acceptors (Lipinski definition) is 3. The average molecular weight is 319 g/mol. The molecule has 16 heavy (non-hydrogen) atoms. The Morgan fingerprint density at radius 2 is 1.75 bits per heavy atom. The number of nitrogen functional groups attached to an aromatic ring is 1. The normalized spacial score (nSPS) is 12.8. The van der Waals surface area contributed by atoms with Gasteiger partial charge in [-0.25, -0.2) is 13.6 Å². The summed E-state index contributed by atoms with van der Waals surface area (Å²) in [4.78, 5) is -1.05. The van der Waals surface area contributed by atoms with Crippen LogP contribution in [0.4, 0.5) is 18.9 Å². The van der Waals surface area contributed by atoms with Crippen LogP contribution in [0.3, 0.4) is 0 Å². The summed E-state index contributed by atoms with van der Waals surface area (Å²) in [5.41, 5.74) is 2.99. The first-order valence-corrected chi connectivity index (χ1v) is 6.06. The molecule has 0 unspecified atom stereocenters. The van der Waals surface area contributed by atoms with Crippen LogP contribution in [-0.4, -0.2) is 8.42 Å². The Labute approximate surface area is 97.6 Å². The van der Waals surface area contributed by atoms with Gasteiger partial charge in [-0.3, -0.25) is 0 Å². The van der Waals surface area contributed by atoms with E-state index in [4.69, 9.17) is 5.73 Å². The fourth-order valence-electron chi connectivity index (χ4n) is 1.13. The molecule has 4 N–H and O–H groups in total. The Hall–Kier alpha value is -0.800. The van der Waals surface area contributed by atoms with Crippen LogP contribution in [0, 0.1) is 0 Å². The third kappa shape index (κ3) is 2.66. The van der Waals surface area contributed by atoms with Crippen molar-refractivity contribution >= 4 is 31.6 Å². The van der Waals surface area contributed by atoms with Crippen LogP contribution >= 0.6 is 15.9 Å². The molecule has 0 radical (unpaired) electrons. The molecule has 0 amide bonds. The maximum absolute atomic E-state index is 12.6. The Bertz CT molecular complexity index is 527. The maximum Gasteiger partial charge on any atom is 0.419 e. The molecule has 1 aromatic carbocycles. The van der Waals surface area contributed by atoms with E-state index in [0.717, 1.165) is 12.1 Å². The van der Waals surface area contributed by atoms with Crippen molar-refractivity contribution in [2.24, 2.45) is 5.14 Å². The first-order valence-electron chi connectivity index (χ1n) is 3.72. The van der Waals surface area contributed by atoms with E-state index in [2.05, 4.69) is 21.1 Å². The number of rotatable bonds is 1. The van der Waals surface area contributed by atoms with Gasteiger partial charge in [0, 0.05) is 10.2 Å². The largest absolute Gasteiger partial charge is 0.419 e. The highest BCUT2D eigenvalue weighted by Gasteiger charge is 2.38. The van der Waals surface area contributed by atoms with Crippen LogP contribution in [0.5, 0.6) is 0 Å². The van der Waals surface area contributed by atoms with Gasteiger partial charge in [-0.2, -0.15) is 13.2 Å².